The first-order valence-electron chi connectivity index (χ1n) is 15.1. The fourth-order valence-electron chi connectivity index (χ4n) is 8.81. The Bertz CT molecular complexity index is 1360. The summed E-state index contributed by atoms with van der Waals surface area (Å²) in [5, 5.41) is 9.11. The van der Waals surface area contributed by atoms with Gasteiger partial charge in [-0.3, -0.25) is 9.69 Å². The number of nitriles is 1. The van der Waals surface area contributed by atoms with E-state index in [0.29, 0.717) is 11.5 Å². The van der Waals surface area contributed by atoms with E-state index in [4.69, 9.17) is 5.26 Å². The van der Waals surface area contributed by atoms with Gasteiger partial charge >= 0.3 is 0 Å². The zero-order valence-corrected chi connectivity index (χ0v) is 25.7. The second kappa shape index (κ2) is 12.8. The maximum absolute atomic E-state index is 14.6. The molecule has 2 heterocycles. The predicted octanol–water partition coefficient (Wildman–Crippen LogP) is 6.64. The van der Waals surface area contributed by atoms with E-state index in [1.54, 1.807) is 0 Å². The van der Waals surface area contributed by atoms with E-state index < -0.39 is 0 Å². The van der Waals surface area contributed by atoms with E-state index >= 15 is 0 Å². The Hall–Kier alpha value is -2.85. The van der Waals surface area contributed by atoms with Gasteiger partial charge in [0.1, 0.15) is 0 Å². The lowest BCUT2D eigenvalue weighted by Gasteiger charge is -2.57. The highest BCUT2D eigenvalue weighted by Crippen LogP contribution is 2.61. The Balaban J connectivity index is 0.00000176. The number of amides is 1. The van der Waals surface area contributed by atoms with Crippen LogP contribution in [0, 0.1) is 34.5 Å². The third-order valence-electron chi connectivity index (χ3n) is 10.3. The number of rotatable bonds is 6. The third-order valence-corrected chi connectivity index (χ3v) is 10.3. The molecule has 2 aromatic carbocycles. The number of aromatic nitrogens is 2. The van der Waals surface area contributed by atoms with Gasteiger partial charge < -0.3 is 9.47 Å². The molecule has 4 saturated carbocycles. The molecule has 4 bridgehead atoms. The Morgan fingerprint density at radius 2 is 1.55 bits per heavy atom. The average Bonchev–Trinajstić information content (AvgIpc) is 3.28. The number of hydrogen-bond donors (Lipinski definition) is 0. The lowest BCUT2D eigenvalue weighted by atomic mass is 9.49. The Labute approximate surface area is 261 Å². The number of nitrogens with zero attached hydrogens (tertiary/aromatic N) is 5. The minimum Gasteiger partial charge on any atom is -0.334 e. The maximum atomic E-state index is 14.6. The first-order valence-corrected chi connectivity index (χ1v) is 15.1. The van der Waals surface area contributed by atoms with Gasteiger partial charge in [0, 0.05) is 38.9 Å². The van der Waals surface area contributed by atoms with Crippen LogP contribution in [0.4, 0.5) is 0 Å². The van der Waals surface area contributed by atoms with Crippen LogP contribution < -0.4 is 0 Å². The summed E-state index contributed by atoms with van der Waals surface area (Å²) in [7, 11) is 0. The molecule has 42 heavy (non-hydrogen) atoms. The summed E-state index contributed by atoms with van der Waals surface area (Å²) in [6, 6.07) is 20.9. The molecule has 8 rings (SSSR count). The zero-order chi connectivity index (χ0) is 27.1. The van der Waals surface area contributed by atoms with E-state index in [0.717, 1.165) is 81.7 Å². The Morgan fingerprint density at radius 3 is 2.19 bits per heavy atom. The summed E-state index contributed by atoms with van der Waals surface area (Å²) in [5.41, 5.74) is 4.18. The van der Waals surface area contributed by atoms with E-state index in [1.165, 1.54) is 30.5 Å². The molecule has 222 valence electrons. The molecule has 1 saturated heterocycles. The quantitative estimate of drug-likeness (QED) is 0.316. The molecular weight excluding hydrogens is 565 g/mol. The van der Waals surface area contributed by atoms with Crippen LogP contribution in [0.3, 0.4) is 0 Å². The molecule has 5 aliphatic rings. The minimum absolute atomic E-state index is 0. The van der Waals surface area contributed by atoms with Gasteiger partial charge in [-0.05, 0) is 86.0 Å². The fourth-order valence-corrected chi connectivity index (χ4v) is 8.81. The molecule has 1 aromatic heterocycles. The highest BCUT2D eigenvalue weighted by Gasteiger charge is 2.56. The molecule has 8 heteroatoms. The van der Waals surface area contributed by atoms with Gasteiger partial charge in [-0.1, -0.05) is 42.5 Å². The van der Waals surface area contributed by atoms with Crippen LogP contribution in [-0.2, 0) is 17.9 Å². The van der Waals surface area contributed by atoms with Crippen LogP contribution in [0.2, 0.25) is 0 Å². The van der Waals surface area contributed by atoms with E-state index in [9.17, 15) is 4.79 Å². The average molecular weight is 607 g/mol. The normalized spacial score (nSPS) is 28.3. The Morgan fingerprint density at radius 1 is 0.881 bits per heavy atom. The van der Waals surface area contributed by atoms with Crippen LogP contribution in [-0.4, -0.2) is 44.9 Å². The summed E-state index contributed by atoms with van der Waals surface area (Å²) < 4.78 is 2.21. The first kappa shape index (κ1) is 30.6. The summed E-state index contributed by atoms with van der Waals surface area (Å²) >= 11 is 0. The minimum atomic E-state index is -0.114. The SMILES string of the molecule is Cl.Cl.N#Cc1ccc(Cn2cncc2CN2CCC(c3ccccc3)N(C(=O)C34CC5CC(CC(C5)C3)C4)CC2)cc1. The molecule has 5 fully saturated rings. The van der Waals surface area contributed by atoms with Crippen LogP contribution >= 0.6 is 24.8 Å². The fraction of sp³-hybridized carbons (Fsp3) is 0.500. The molecule has 0 spiro atoms. The number of carbonyl (C=O) groups is 1. The lowest BCUT2D eigenvalue weighted by molar-refractivity contribution is -0.160. The highest BCUT2D eigenvalue weighted by molar-refractivity contribution is 5.85. The van der Waals surface area contributed by atoms with Crippen LogP contribution in [0.1, 0.15) is 73.4 Å². The number of hydrogen-bond acceptors (Lipinski definition) is 4. The number of carbonyl (C=O) groups excluding carboxylic acids is 1. The largest absolute Gasteiger partial charge is 0.334 e. The van der Waals surface area contributed by atoms with Gasteiger partial charge in [-0.15, -0.1) is 24.8 Å². The van der Waals surface area contributed by atoms with Crippen molar-refractivity contribution >= 4 is 30.7 Å². The summed E-state index contributed by atoms with van der Waals surface area (Å²) in [4.78, 5) is 23.9. The number of benzene rings is 2. The topological polar surface area (TPSA) is 65.2 Å². The van der Waals surface area contributed by atoms with Crippen molar-refractivity contribution in [2.45, 2.75) is 64.1 Å². The van der Waals surface area contributed by atoms with Gasteiger partial charge in [0.05, 0.1) is 35.1 Å². The molecule has 0 N–H and O–H groups in total. The van der Waals surface area contributed by atoms with Crippen molar-refractivity contribution < 1.29 is 4.79 Å². The first-order chi connectivity index (χ1) is 19.6. The van der Waals surface area contributed by atoms with Gasteiger partial charge in [0.15, 0.2) is 0 Å². The van der Waals surface area contributed by atoms with Crippen LogP contribution in [0.15, 0.2) is 67.1 Å². The number of halogens is 2. The van der Waals surface area contributed by atoms with Crippen molar-refractivity contribution in [2.24, 2.45) is 23.2 Å². The molecular formula is C34H41Cl2N5O. The van der Waals surface area contributed by atoms with E-state index in [1.807, 2.05) is 36.8 Å². The molecule has 1 unspecified atom stereocenters. The lowest BCUT2D eigenvalue weighted by Crippen LogP contribution is -2.55. The summed E-state index contributed by atoms with van der Waals surface area (Å²) in [6.07, 6.45) is 12.3. The van der Waals surface area contributed by atoms with Gasteiger partial charge in [-0.2, -0.15) is 5.26 Å². The third kappa shape index (κ3) is 5.97. The Kier molecular flexibility index (Phi) is 9.32. The van der Waals surface area contributed by atoms with Crippen LogP contribution in [0.25, 0.3) is 0 Å². The molecule has 1 aliphatic heterocycles. The molecule has 0 radical (unpaired) electrons. The standard InChI is InChI=1S/C34H39N5O.2ClH/c35-20-25-6-8-26(9-7-25)22-38-24-36-21-31(38)23-37-11-10-32(30-4-2-1-3-5-30)39(13-12-37)33(40)34-17-27-14-28(18-34)16-29(15-27)19-34;;/h1-9,21,24,27-29,32H,10-19,22-23H2;2*1H. The smallest absolute Gasteiger partial charge is 0.229 e. The van der Waals surface area contributed by atoms with Crippen molar-refractivity contribution in [1.82, 2.24) is 19.4 Å². The van der Waals surface area contributed by atoms with Gasteiger partial charge in [0.2, 0.25) is 5.91 Å². The van der Waals surface area contributed by atoms with Gasteiger partial charge in [-0.25, -0.2) is 4.98 Å². The molecule has 4 aliphatic carbocycles. The van der Waals surface area contributed by atoms with E-state index in [-0.39, 0.29) is 36.3 Å². The number of imidazole rings is 1. The summed E-state index contributed by atoms with van der Waals surface area (Å²) in [6.45, 7) is 4.16. The highest BCUT2D eigenvalue weighted by atomic mass is 35.5. The molecule has 1 atom stereocenters. The van der Waals surface area contributed by atoms with Crippen molar-refractivity contribution in [2.75, 3.05) is 19.6 Å². The maximum Gasteiger partial charge on any atom is 0.229 e. The monoisotopic (exact) mass is 605 g/mol. The second-order valence-corrected chi connectivity index (χ2v) is 13.0. The molecule has 3 aromatic rings. The predicted molar refractivity (Wildman–Crippen MR) is 168 cm³/mol. The van der Waals surface area contributed by atoms with Crippen molar-refractivity contribution in [1.29, 1.82) is 5.26 Å². The second-order valence-electron chi connectivity index (χ2n) is 13.0. The van der Waals surface area contributed by atoms with E-state index in [2.05, 4.69) is 55.8 Å². The van der Waals surface area contributed by atoms with Crippen molar-refractivity contribution in [3.63, 3.8) is 0 Å². The molecule has 6 nitrogen and oxygen atoms in total. The summed E-state index contributed by atoms with van der Waals surface area (Å²) in [5.74, 6) is 2.76. The van der Waals surface area contributed by atoms with Crippen molar-refractivity contribution in [3.05, 3.63) is 89.5 Å². The van der Waals surface area contributed by atoms with Gasteiger partial charge in [0.25, 0.3) is 0 Å². The van der Waals surface area contributed by atoms with Crippen molar-refractivity contribution in [3.8, 4) is 6.07 Å². The zero-order valence-electron chi connectivity index (χ0n) is 24.1. The molecule has 1 amide bonds. The van der Waals surface area contributed by atoms with Crippen LogP contribution in [0.5, 0.6) is 0 Å².